The maximum Gasteiger partial charge on any atom is 0.256 e. The predicted octanol–water partition coefficient (Wildman–Crippen LogP) is 2.82. The molecule has 0 saturated heterocycles. The largest absolute Gasteiger partial charge is 0.493 e. The van der Waals surface area contributed by atoms with Gasteiger partial charge in [-0.05, 0) is 30.3 Å². The highest BCUT2D eigenvalue weighted by molar-refractivity contribution is 5.85. The molecule has 7 nitrogen and oxygen atoms in total. The lowest BCUT2D eigenvalue weighted by Gasteiger charge is -2.23. The van der Waals surface area contributed by atoms with Gasteiger partial charge in [-0.15, -0.1) is 0 Å². The third-order valence-corrected chi connectivity index (χ3v) is 3.62. The molecule has 4 rings (SSSR count). The van der Waals surface area contributed by atoms with Crippen LogP contribution in [-0.2, 0) is 0 Å². The lowest BCUT2D eigenvalue weighted by atomic mass is 10.2. The smallest absolute Gasteiger partial charge is 0.256 e. The van der Waals surface area contributed by atoms with Crippen molar-refractivity contribution in [2.45, 2.75) is 0 Å². The molecule has 4 aromatic rings. The molecule has 0 spiro atoms. The van der Waals surface area contributed by atoms with Crippen LogP contribution in [0.3, 0.4) is 0 Å². The second-order valence-electron chi connectivity index (χ2n) is 5.24. The number of para-hydroxylation sites is 1. The molecule has 0 aliphatic rings. The summed E-state index contributed by atoms with van der Waals surface area (Å²) in [6, 6.07) is 16.2. The number of nitrogens with one attached hydrogen (secondary N) is 2. The van der Waals surface area contributed by atoms with Crippen LogP contribution in [-0.4, -0.2) is 25.3 Å². The number of hydrogen-bond acceptors (Lipinski definition) is 5. The van der Waals surface area contributed by atoms with Crippen molar-refractivity contribution in [3.05, 3.63) is 71.1 Å². The van der Waals surface area contributed by atoms with Gasteiger partial charge in [0.15, 0.2) is 0 Å². The average Bonchev–Trinajstić information content (AvgIpc) is 3.03. The number of aromatic nitrogens is 4. The first-order chi connectivity index (χ1) is 11.7. The van der Waals surface area contributed by atoms with E-state index in [4.69, 9.17) is 0 Å². The molecular weight excluding hydrogens is 306 g/mol. The maximum absolute atomic E-state index is 11.8. The van der Waals surface area contributed by atoms with Gasteiger partial charge >= 0.3 is 0 Å². The molecule has 118 valence electrons. The van der Waals surface area contributed by atoms with E-state index >= 15 is 0 Å². The fourth-order valence-electron chi connectivity index (χ4n) is 2.58. The lowest BCUT2D eigenvalue weighted by molar-refractivity contribution is 0.451. The van der Waals surface area contributed by atoms with E-state index in [0.717, 1.165) is 28.3 Å². The van der Waals surface area contributed by atoms with Gasteiger partial charge in [0.05, 0.1) is 17.8 Å². The summed E-state index contributed by atoms with van der Waals surface area (Å²) in [6.45, 7) is 0. The van der Waals surface area contributed by atoms with Crippen LogP contribution in [0.1, 0.15) is 0 Å². The fourth-order valence-corrected chi connectivity index (χ4v) is 2.58. The zero-order chi connectivity index (χ0) is 16.5. The molecule has 2 aromatic heterocycles. The van der Waals surface area contributed by atoms with Crippen molar-refractivity contribution in [2.75, 3.05) is 4.90 Å². The summed E-state index contributed by atoms with van der Waals surface area (Å²) in [5, 5.41) is 17.5. The lowest BCUT2D eigenvalue weighted by Crippen LogP contribution is -2.17. The van der Waals surface area contributed by atoms with Crippen LogP contribution in [0, 0.1) is 0 Å². The molecule has 2 heterocycles. The minimum Gasteiger partial charge on any atom is -0.493 e. The van der Waals surface area contributed by atoms with Gasteiger partial charge < -0.3 is 5.11 Å². The average molecular weight is 319 g/mol. The maximum atomic E-state index is 11.8. The van der Waals surface area contributed by atoms with Crippen LogP contribution in [0.15, 0.2) is 65.6 Å². The number of benzene rings is 2. The van der Waals surface area contributed by atoms with E-state index in [1.54, 1.807) is 11.1 Å². The summed E-state index contributed by atoms with van der Waals surface area (Å²) in [6.07, 6.45) is 1.72. The first-order valence-electron chi connectivity index (χ1n) is 7.29. The molecule has 0 atom stereocenters. The molecule has 0 aliphatic heterocycles. The molecule has 3 N–H and O–H groups in total. The molecule has 0 fully saturated rings. The van der Waals surface area contributed by atoms with E-state index in [9.17, 15) is 9.90 Å². The van der Waals surface area contributed by atoms with Crippen LogP contribution in [0.4, 0.5) is 17.3 Å². The minimum absolute atomic E-state index is 0.231. The van der Waals surface area contributed by atoms with Gasteiger partial charge in [0, 0.05) is 16.8 Å². The zero-order valence-corrected chi connectivity index (χ0v) is 12.5. The van der Waals surface area contributed by atoms with Crippen LogP contribution in [0.5, 0.6) is 5.88 Å². The Morgan fingerprint density at radius 1 is 1.00 bits per heavy atom. The third kappa shape index (κ3) is 2.48. The number of aromatic hydroxyl groups is 1. The van der Waals surface area contributed by atoms with Crippen molar-refractivity contribution in [1.29, 1.82) is 0 Å². The molecule has 2 aromatic carbocycles. The first kappa shape index (κ1) is 14.0. The van der Waals surface area contributed by atoms with E-state index < -0.39 is 5.56 Å². The number of hydrogen-bond donors (Lipinski definition) is 3. The third-order valence-electron chi connectivity index (χ3n) is 3.62. The Morgan fingerprint density at radius 2 is 1.83 bits per heavy atom. The Kier molecular flexibility index (Phi) is 3.24. The summed E-state index contributed by atoms with van der Waals surface area (Å²) in [4.78, 5) is 20.2. The normalized spacial score (nSPS) is 10.8. The van der Waals surface area contributed by atoms with Crippen LogP contribution in [0.2, 0.25) is 0 Å². The molecule has 0 unspecified atom stereocenters. The highest BCUT2D eigenvalue weighted by Crippen LogP contribution is 2.33. The highest BCUT2D eigenvalue weighted by atomic mass is 16.3. The van der Waals surface area contributed by atoms with Crippen LogP contribution in [0.25, 0.3) is 10.9 Å². The topological polar surface area (TPSA) is 97.9 Å². The monoisotopic (exact) mass is 319 g/mol. The van der Waals surface area contributed by atoms with E-state index in [1.807, 2.05) is 48.5 Å². The van der Waals surface area contributed by atoms with Gasteiger partial charge in [0.25, 0.3) is 5.56 Å². The zero-order valence-electron chi connectivity index (χ0n) is 12.5. The highest BCUT2D eigenvalue weighted by Gasteiger charge is 2.16. The van der Waals surface area contributed by atoms with Gasteiger partial charge in [0.1, 0.15) is 0 Å². The van der Waals surface area contributed by atoms with Gasteiger partial charge in [-0.25, -0.2) is 0 Å². The minimum atomic E-state index is -0.428. The standard InChI is InChI=1S/C17H13N5O2/c23-15-9-16(24)20-17(19-15)22(12-4-2-1-3-5-12)13-6-7-14-11(8-13)10-18-21-14/h1-10H,(H,18,21)(H2,19,20,23,24). The van der Waals surface area contributed by atoms with Crippen molar-refractivity contribution >= 4 is 28.2 Å². The van der Waals surface area contributed by atoms with E-state index in [-0.39, 0.29) is 11.8 Å². The number of H-pyrrole nitrogens is 2. The molecule has 0 aliphatic carbocycles. The second-order valence-corrected chi connectivity index (χ2v) is 5.24. The Balaban J connectivity index is 1.94. The molecule has 0 saturated carbocycles. The van der Waals surface area contributed by atoms with E-state index in [1.165, 1.54) is 0 Å². The Morgan fingerprint density at radius 3 is 2.62 bits per heavy atom. The van der Waals surface area contributed by atoms with E-state index in [0.29, 0.717) is 0 Å². The first-order valence-corrected chi connectivity index (χ1v) is 7.29. The Labute approximate surface area is 136 Å². The van der Waals surface area contributed by atoms with Crippen LogP contribution >= 0.6 is 0 Å². The molecular formula is C17H13N5O2. The predicted molar refractivity (Wildman–Crippen MR) is 90.9 cm³/mol. The number of aromatic amines is 2. The summed E-state index contributed by atoms with van der Waals surface area (Å²) in [5.41, 5.74) is 2.06. The SMILES string of the molecule is O=c1cc(O)nc(N(c2ccccc2)c2ccc3[nH]ncc3c2)[nH]1. The quantitative estimate of drug-likeness (QED) is 0.539. The van der Waals surface area contributed by atoms with Crippen LogP contribution < -0.4 is 10.5 Å². The number of fused-ring (bicyclic) bond motifs is 1. The van der Waals surface area contributed by atoms with Crippen molar-refractivity contribution in [3.8, 4) is 5.88 Å². The van der Waals surface area contributed by atoms with Crippen molar-refractivity contribution < 1.29 is 5.11 Å². The second kappa shape index (κ2) is 5.54. The summed E-state index contributed by atoms with van der Waals surface area (Å²) < 4.78 is 0. The Hall–Kier alpha value is -3.61. The van der Waals surface area contributed by atoms with Crippen molar-refractivity contribution in [3.63, 3.8) is 0 Å². The van der Waals surface area contributed by atoms with Gasteiger partial charge in [-0.2, -0.15) is 10.1 Å². The molecule has 24 heavy (non-hydrogen) atoms. The Bertz CT molecular complexity index is 1060. The van der Waals surface area contributed by atoms with Gasteiger partial charge in [-0.3, -0.25) is 19.8 Å². The number of anilines is 3. The summed E-state index contributed by atoms with van der Waals surface area (Å²) in [5.74, 6) is -0.104. The molecule has 0 radical (unpaired) electrons. The van der Waals surface area contributed by atoms with Gasteiger partial charge in [0.2, 0.25) is 11.8 Å². The molecule has 0 bridgehead atoms. The fraction of sp³-hybridized carbons (Fsp3) is 0. The molecule has 7 heteroatoms. The van der Waals surface area contributed by atoms with Crippen molar-refractivity contribution in [1.82, 2.24) is 20.2 Å². The number of rotatable bonds is 3. The van der Waals surface area contributed by atoms with Crippen molar-refractivity contribution in [2.24, 2.45) is 0 Å². The number of nitrogens with zero attached hydrogens (tertiary/aromatic N) is 3. The van der Waals surface area contributed by atoms with E-state index in [2.05, 4.69) is 20.2 Å². The summed E-state index contributed by atoms with van der Waals surface area (Å²) in [7, 11) is 0. The van der Waals surface area contributed by atoms with Gasteiger partial charge in [-0.1, -0.05) is 18.2 Å². The molecule has 0 amide bonds. The summed E-state index contributed by atoms with van der Waals surface area (Å²) >= 11 is 0.